The van der Waals surface area contributed by atoms with Crippen molar-refractivity contribution in [1.82, 2.24) is 4.57 Å². The number of nitrogens with zero attached hydrogens (tertiary/aromatic N) is 2. The number of fused-ring (bicyclic) bond motifs is 1. The summed E-state index contributed by atoms with van der Waals surface area (Å²) in [6.45, 7) is 7.17. The molecule has 152 valence electrons. The molecule has 0 spiro atoms. The Hall–Kier alpha value is -3.18. The van der Waals surface area contributed by atoms with Crippen LogP contribution >= 0.6 is 11.3 Å². The highest BCUT2D eigenvalue weighted by molar-refractivity contribution is 7.16. The monoisotopic (exact) mass is 416 g/mol. The second-order valence-electron chi connectivity index (χ2n) is 7.27. The van der Waals surface area contributed by atoms with Gasteiger partial charge in [0.15, 0.2) is 4.80 Å². The number of carbonyl (C=O) groups is 1. The minimum Gasteiger partial charge on any atom is -0.457 e. The van der Waals surface area contributed by atoms with Crippen LogP contribution in [0.5, 0.6) is 11.5 Å². The van der Waals surface area contributed by atoms with E-state index in [1.165, 1.54) is 11.1 Å². The Morgan fingerprint density at radius 1 is 1.00 bits per heavy atom. The molecule has 3 aromatic carbocycles. The lowest BCUT2D eigenvalue weighted by molar-refractivity contribution is 0.0995. The number of thiazole rings is 1. The zero-order valence-electron chi connectivity index (χ0n) is 17.4. The van der Waals surface area contributed by atoms with Crippen molar-refractivity contribution in [1.29, 1.82) is 0 Å². The average Bonchev–Trinajstić information content (AvgIpc) is 3.06. The fourth-order valence-electron chi connectivity index (χ4n) is 3.34. The summed E-state index contributed by atoms with van der Waals surface area (Å²) < 4.78 is 9.24. The van der Waals surface area contributed by atoms with Gasteiger partial charge in [-0.05, 0) is 67.8 Å². The van der Waals surface area contributed by atoms with Crippen LogP contribution in [0.25, 0.3) is 10.2 Å². The first-order valence-electron chi connectivity index (χ1n) is 10.1. The lowest BCUT2D eigenvalue weighted by Crippen LogP contribution is -2.17. The Morgan fingerprint density at radius 3 is 2.47 bits per heavy atom. The maximum atomic E-state index is 13.1. The first-order chi connectivity index (χ1) is 14.6. The highest BCUT2D eigenvalue weighted by Gasteiger charge is 2.14. The third-order valence-corrected chi connectivity index (χ3v) is 6.07. The van der Waals surface area contributed by atoms with Gasteiger partial charge in [0.25, 0.3) is 5.91 Å². The van der Waals surface area contributed by atoms with Crippen LogP contribution in [0.3, 0.4) is 0 Å². The molecule has 0 saturated heterocycles. The van der Waals surface area contributed by atoms with E-state index in [0.717, 1.165) is 28.0 Å². The molecule has 4 nitrogen and oxygen atoms in total. The summed E-state index contributed by atoms with van der Waals surface area (Å²) in [4.78, 5) is 18.4. The molecular weight excluding hydrogens is 392 g/mol. The lowest BCUT2D eigenvalue weighted by Gasteiger charge is -2.09. The zero-order chi connectivity index (χ0) is 21.1. The van der Waals surface area contributed by atoms with Crippen molar-refractivity contribution in [3.8, 4) is 11.5 Å². The Morgan fingerprint density at radius 2 is 1.70 bits per heavy atom. The van der Waals surface area contributed by atoms with E-state index in [-0.39, 0.29) is 5.91 Å². The lowest BCUT2D eigenvalue weighted by atomic mass is 10.1. The van der Waals surface area contributed by atoms with Gasteiger partial charge < -0.3 is 9.30 Å². The highest BCUT2D eigenvalue weighted by atomic mass is 32.1. The first kappa shape index (κ1) is 20.1. The van der Waals surface area contributed by atoms with Crippen molar-refractivity contribution < 1.29 is 9.53 Å². The van der Waals surface area contributed by atoms with Gasteiger partial charge in [-0.25, -0.2) is 0 Å². The molecule has 0 bridgehead atoms. The van der Waals surface area contributed by atoms with E-state index in [4.69, 9.17) is 4.74 Å². The molecule has 0 unspecified atom stereocenters. The number of aryl methyl sites for hydroxylation is 3. The van der Waals surface area contributed by atoms with Crippen molar-refractivity contribution in [3.05, 3.63) is 88.2 Å². The number of carbonyl (C=O) groups excluding carboxylic acids is 1. The van der Waals surface area contributed by atoms with Crippen LogP contribution in [0.1, 0.15) is 34.8 Å². The van der Waals surface area contributed by atoms with E-state index in [1.807, 2.05) is 42.5 Å². The van der Waals surface area contributed by atoms with E-state index in [2.05, 4.69) is 42.5 Å². The van der Waals surface area contributed by atoms with Gasteiger partial charge >= 0.3 is 0 Å². The number of para-hydroxylation sites is 2. The summed E-state index contributed by atoms with van der Waals surface area (Å²) in [6, 6.07) is 21.1. The second kappa shape index (κ2) is 8.67. The van der Waals surface area contributed by atoms with E-state index >= 15 is 0 Å². The van der Waals surface area contributed by atoms with Crippen LogP contribution in [0.4, 0.5) is 0 Å². The molecule has 0 aliphatic rings. The highest BCUT2D eigenvalue weighted by Crippen LogP contribution is 2.26. The quantitative estimate of drug-likeness (QED) is 0.385. The summed E-state index contributed by atoms with van der Waals surface area (Å²) >= 11 is 1.55. The molecule has 0 aliphatic heterocycles. The Bertz CT molecular complexity index is 1270. The fourth-order valence-corrected chi connectivity index (χ4v) is 4.48. The van der Waals surface area contributed by atoms with Crippen molar-refractivity contribution in [2.24, 2.45) is 4.99 Å². The molecule has 0 saturated carbocycles. The summed E-state index contributed by atoms with van der Waals surface area (Å²) in [7, 11) is 0. The molecule has 0 N–H and O–H groups in total. The summed E-state index contributed by atoms with van der Waals surface area (Å²) in [5.74, 6) is 0.894. The Labute approximate surface area is 180 Å². The number of hydrogen-bond acceptors (Lipinski definition) is 3. The van der Waals surface area contributed by atoms with Crippen LogP contribution < -0.4 is 9.54 Å². The maximum Gasteiger partial charge on any atom is 0.283 e. The standard InChI is InChI=1S/C25H24N2O2S/c1-4-14-27-21-15-17(2)18(3)16-23(21)30-25(27)26-24(28)20-12-8-9-13-22(20)29-19-10-6-5-7-11-19/h5-13,15-16H,4,14H2,1-3H3. The van der Waals surface area contributed by atoms with E-state index in [0.29, 0.717) is 17.1 Å². The molecule has 4 aromatic rings. The average molecular weight is 417 g/mol. The van der Waals surface area contributed by atoms with Crippen molar-refractivity contribution in [2.45, 2.75) is 33.7 Å². The summed E-state index contributed by atoms with van der Waals surface area (Å²) in [5.41, 5.74) is 4.07. The number of hydrogen-bond donors (Lipinski definition) is 0. The topological polar surface area (TPSA) is 43.6 Å². The summed E-state index contributed by atoms with van der Waals surface area (Å²) in [6.07, 6.45) is 0.966. The Kier molecular flexibility index (Phi) is 5.81. The van der Waals surface area contributed by atoms with Gasteiger partial charge in [0.05, 0.1) is 15.8 Å². The Balaban J connectivity index is 1.78. The van der Waals surface area contributed by atoms with Crippen LogP contribution in [-0.2, 0) is 6.54 Å². The normalized spacial score (nSPS) is 11.8. The zero-order valence-corrected chi connectivity index (χ0v) is 18.2. The second-order valence-corrected chi connectivity index (χ2v) is 8.28. The number of amides is 1. The predicted octanol–water partition coefficient (Wildman–Crippen LogP) is 6.26. The minimum atomic E-state index is -0.300. The molecule has 0 fully saturated rings. The van der Waals surface area contributed by atoms with Crippen LogP contribution in [-0.4, -0.2) is 10.5 Å². The molecule has 0 radical (unpaired) electrons. The van der Waals surface area contributed by atoms with Gasteiger partial charge in [-0.15, -0.1) is 0 Å². The van der Waals surface area contributed by atoms with Crippen LogP contribution in [0.15, 0.2) is 71.7 Å². The molecule has 4 rings (SSSR count). The van der Waals surface area contributed by atoms with Gasteiger partial charge in [-0.1, -0.05) is 48.6 Å². The number of rotatable bonds is 5. The van der Waals surface area contributed by atoms with Gasteiger partial charge in [-0.2, -0.15) is 4.99 Å². The number of ether oxygens (including phenoxy) is 1. The van der Waals surface area contributed by atoms with Gasteiger partial charge in [0.2, 0.25) is 0 Å². The molecule has 0 aliphatic carbocycles. The van der Waals surface area contributed by atoms with Crippen molar-refractivity contribution in [2.75, 3.05) is 0 Å². The van der Waals surface area contributed by atoms with Gasteiger partial charge in [-0.3, -0.25) is 4.79 Å². The largest absolute Gasteiger partial charge is 0.457 e. The number of benzene rings is 3. The molecule has 30 heavy (non-hydrogen) atoms. The fraction of sp³-hybridized carbons (Fsp3) is 0.200. The van der Waals surface area contributed by atoms with Gasteiger partial charge in [0, 0.05) is 6.54 Å². The van der Waals surface area contributed by atoms with Crippen molar-refractivity contribution >= 4 is 27.5 Å². The van der Waals surface area contributed by atoms with Crippen LogP contribution in [0.2, 0.25) is 0 Å². The van der Waals surface area contributed by atoms with Crippen LogP contribution in [0, 0.1) is 13.8 Å². The van der Waals surface area contributed by atoms with E-state index in [9.17, 15) is 4.79 Å². The van der Waals surface area contributed by atoms with E-state index < -0.39 is 0 Å². The molecule has 0 atom stereocenters. The third kappa shape index (κ3) is 4.07. The molecule has 1 heterocycles. The molecule has 1 aromatic heterocycles. The molecule has 1 amide bonds. The first-order valence-corrected chi connectivity index (χ1v) is 10.9. The third-order valence-electron chi connectivity index (χ3n) is 5.03. The predicted molar refractivity (Wildman–Crippen MR) is 122 cm³/mol. The SMILES string of the molecule is CCCn1c(=NC(=O)c2ccccc2Oc2ccccc2)sc2cc(C)c(C)cc21. The van der Waals surface area contributed by atoms with E-state index in [1.54, 1.807) is 23.5 Å². The minimum absolute atomic E-state index is 0.300. The van der Waals surface area contributed by atoms with Crippen molar-refractivity contribution in [3.63, 3.8) is 0 Å². The summed E-state index contributed by atoms with van der Waals surface area (Å²) in [5, 5.41) is 0. The number of aromatic nitrogens is 1. The molecule has 5 heteroatoms. The van der Waals surface area contributed by atoms with Gasteiger partial charge in [0.1, 0.15) is 11.5 Å². The molecular formula is C25H24N2O2S. The smallest absolute Gasteiger partial charge is 0.283 e. The maximum absolute atomic E-state index is 13.1.